The van der Waals surface area contributed by atoms with Gasteiger partial charge in [-0.05, 0) is 56.6 Å². The van der Waals surface area contributed by atoms with Gasteiger partial charge in [0.15, 0.2) is 0 Å². The van der Waals surface area contributed by atoms with Crippen LogP contribution < -0.4 is 0 Å². The zero-order valence-electron chi connectivity index (χ0n) is 20.2. The third-order valence-corrected chi connectivity index (χ3v) is 6.33. The van der Waals surface area contributed by atoms with E-state index < -0.39 is 17.7 Å². The number of aromatic hydroxyl groups is 1. The standard InChI is InChI=1S/C28H36N2O4/c1-3-5-17-29(18-6-4-2)19-10-20-30-25(21-13-15-23(31)16-14-21)24(27(33)28(30)34)26(32)22-11-8-7-9-12-22/h7-9,11-16,25,31-32H,3-6,10,17-20H2,1-2H3/b26-24+. The Hall–Kier alpha value is -3.12. The predicted molar refractivity (Wildman–Crippen MR) is 134 cm³/mol. The zero-order valence-corrected chi connectivity index (χ0v) is 20.2. The van der Waals surface area contributed by atoms with Crippen LogP contribution >= 0.6 is 0 Å². The average Bonchev–Trinajstić information content (AvgIpc) is 3.11. The molecule has 1 fully saturated rings. The molecule has 6 heteroatoms. The molecule has 6 nitrogen and oxygen atoms in total. The third-order valence-electron chi connectivity index (χ3n) is 6.33. The van der Waals surface area contributed by atoms with Gasteiger partial charge in [0.25, 0.3) is 11.7 Å². The van der Waals surface area contributed by atoms with Gasteiger partial charge in [0.1, 0.15) is 11.5 Å². The Balaban J connectivity index is 1.88. The van der Waals surface area contributed by atoms with E-state index in [9.17, 15) is 19.8 Å². The van der Waals surface area contributed by atoms with Crippen molar-refractivity contribution >= 4 is 17.4 Å². The highest BCUT2D eigenvalue weighted by Crippen LogP contribution is 2.39. The number of phenolic OH excluding ortho intramolecular Hbond substituents is 1. The first-order chi connectivity index (χ1) is 16.5. The minimum Gasteiger partial charge on any atom is -0.508 e. The molecule has 1 heterocycles. The van der Waals surface area contributed by atoms with Gasteiger partial charge in [-0.2, -0.15) is 0 Å². The number of unbranched alkanes of at least 4 members (excludes halogenated alkanes) is 2. The fourth-order valence-corrected chi connectivity index (χ4v) is 4.43. The Bertz CT molecular complexity index is 977. The van der Waals surface area contributed by atoms with Crippen molar-refractivity contribution in [2.45, 2.75) is 52.0 Å². The molecule has 0 saturated carbocycles. The Morgan fingerprint density at radius 1 is 0.882 bits per heavy atom. The van der Waals surface area contributed by atoms with Gasteiger partial charge in [-0.1, -0.05) is 69.2 Å². The molecule has 0 radical (unpaired) electrons. The zero-order chi connectivity index (χ0) is 24.5. The number of hydrogen-bond acceptors (Lipinski definition) is 5. The summed E-state index contributed by atoms with van der Waals surface area (Å²) in [4.78, 5) is 30.2. The smallest absolute Gasteiger partial charge is 0.295 e. The molecule has 2 N–H and O–H groups in total. The van der Waals surface area contributed by atoms with Crippen LogP contribution in [0.1, 0.15) is 63.1 Å². The van der Waals surface area contributed by atoms with Gasteiger partial charge in [0, 0.05) is 12.1 Å². The number of carbonyl (C=O) groups excluding carboxylic acids is 2. The van der Waals surface area contributed by atoms with Crippen molar-refractivity contribution in [1.82, 2.24) is 9.80 Å². The highest BCUT2D eigenvalue weighted by molar-refractivity contribution is 6.46. The van der Waals surface area contributed by atoms with Crippen molar-refractivity contribution in [2.75, 3.05) is 26.2 Å². The van der Waals surface area contributed by atoms with E-state index in [4.69, 9.17) is 0 Å². The first-order valence-corrected chi connectivity index (χ1v) is 12.3. The number of benzene rings is 2. The number of ketones is 1. The molecule has 2 aromatic rings. The normalized spacial score (nSPS) is 17.6. The quantitative estimate of drug-likeness (QED) is 0.259. The number of aliphatic hydroxyl groups is 1. The van der Waals surface area contributed by atoms with Gasteiger partial charge in [0.05, 0.1) is 11.6 Å². The maximum absolute atomic E-state index is 13.1. The van der Waals surface area contributed by atoms with Crippen LogP contribution in [0.25, 0.3) is 5.76 Å². The second-order valence-corrected chi connectivity index (χ2v) is 8.85. The van der Waals surface area contributed by atoms with Crippen LogP contribution in [0.4, 0.5) is 0 Å². The van der Waals surface area contributed by atoms with Crippen LogP contribution in [0.2, 0.25) is 0 Å². The maximum atomic E-state index is 13.1. The number of rotatable bonds is 12. The summed E-state index contributed by atoms with van der Waals surface area (Å²) in [7, 11) is 0. The van der Waals surface area contributed by atoms with E-state index in [2.05, 4.69) is 18.7 Å². The molecule has 2 aromatic carbocycles. The van der Waals surface area contributed by atoms with E-state index in [0.717, 1.165) is 51.7 Å². The van der Waals surface area contributed by atoms with Gasteiger partial charge in [-0.25, -0.2) is 0 Å². The van der Waals surface area contributed by atoms with E-state index in [1.807, 2.05) is 6.07 Å². The van der Waals surface area contributed by atoms with E-state index in [0.29, 0.717) is 17.7 Å². The Kier molecular flexibility index (Phi) is 9.28. The van der Waals surface area contributed by atoms with Gasteiger partial charge in [-0.3, -0.25) is 9.59 Å². The first-order valence-electron chi connectivity index (χ1n) is 12.3. The number of hydrogen-bond donors (Lipinski definition) is 2. The molecular formula is C28H36N2O4. The van der Waals surface area contributed by atoms with Gasteiger partial charge < -0.3 is 20.0 Å². The molecule has 1 atom stereocenters. The van der Waals surface area contributed by atoms with Crippen LogP contribution in [0, 0.1) is 0 Å². The molecule has 34 heavy (non-hydrogen) atoms. The summed E-state index contributed by atoms with van der Waals surface area (Å²) in [6, 6.07) is 14.6. The predicted octanol–water partition coefficient (Wildman–Crippen LogP) is 5.11. The minimum atomic E-state index is -0.694. The molecule has 0 bridgehead atoms. The molecule has 1 saturated heterocycles. The van der Waals surface area contributed by atoms with Crippen LogP contribution in [0.3, 0.4) is 0 Å². The van der Waals surface area contributed by atoms with Crippen LogP contribution in [-0.2, 0) is 9.59 Å². The highest BCUT2D eigenvalue weighted by Gasteiger charge is 2.45. The largest absolute Gasteiger partial charge is 0.508 e. The number of amides is 1. The van der Waals surface area contributed by atoms with Crippen LogP contribution in [0.15, 0.2) is 60.2 Å². The second-order valence-electron chi connectivity index (χ2n) is 8.85. The van der Waals surface area contributed by atoms with Crippen molar-refractivity contribution in [2.24, 2.45) is 0 Å². The summed E-state index contributed by atoms with van der Waals surface area (Å²) in [5.74, 6) is -1.34. The summed E-state index contributed by atoms with van der Waals surface area (Å²) < 4.78 is 0. The second kappa shape index (κ2) is 12.4. The number of phenols is 1. The summed E-state index contributed by atoms with van der Waals surface area (Å²) in [6.45, 7) is 7.69. The number of aliphatic hydroxyl groups excluding tert-OH is 1. The molecule has 1 aliphatic rings. The molecule has 1 amide bonds. The molecule has 0 aromatic heterocycles. The number of carbonyl (C=O) groups is 2. The van der Waals surface area contributed by atoms with Gasteiger partial charge >= 0.3 is 0 Å². The topological polar surface area (TPSA) is 81.1 Å². The summed E-state index contributed by atoms with van der Waals surface area (Å²) in [6.07, 6.45) is 5.28. The van der Waals surface area contributed by atoms with E-state index in [-0.39, 0.29) is 17.1 Å². The molecule has 182 valence electrons. The first kappa shape index (κ1) is 25.5. The molecule has 3 rings (SSSR count). The van der Waals surface area contributed by atoms with Gasteiger partial charge in [0.2, 0.25) is 0 Å². The summed E-state index contributed by atoms with van der Waals surface area (Å²) in [5, 5.41) is 20.8. The third kappa shape index (κ3) is 6.06. The summed E-state index contributed by atoms with van der Waals surface area (Å²) >= 11 is 0. The lowest BCUT2D eigenvalue weighted by Gasteiger charge is -2.27. The Morgan fingerprint density at radius 2 is 1.47 bits per heavy atom. The lowest BCUT2D eigenvalue weighted by atomic mass is 9.95. The molecule has 1 unspecified atom stereocenters. The molecule has 1 aliphatic heterocycles. The minimum absolute atomic E-state index is 0.0933. The SMILES string of the molecule is CCCCN(CCCC)CCCN1C(=O)C(=O)/C(=C(/O)c2ccccc2)C1c1ccc(O)cc1. The number of Topliss-reactive ketones (excluding diaryl/α,β-unsaturated/α-hetero) is 1. The van der Waals surface area contributed by atoms with Crippen molar-refractivity contribution in [3.63, 3.8) is 0 Å². The molecular weight excluding hydrogens is 428 g/mol. The van der Waals surface area contributed by atoms with E-state index >= 15 is 0 Å². The van der Waals surface area contributed by atoms with Gasteiger partial charge in [-0.15, -0.1) is 0 Å². The Morgan fingerprint density at radius 3 is 2.06 bits per heavy atom. The number of likely N-dealkylation sites (tertiary alicyclic amines) is 1. The van der Waals surface area contributed by atoms with Crippen molar-refractivity contribution in [1.29, 1.82) is 0 Å². The molecule has 0 spiro atoms. The fraction of sp³-hybridized carbons (Fsp3) is 0.429. The summed E-state index contributed by atoms with van der Waals surface area (Å²) in [5.41, 5.74) is 1.27. The van der Waals surface area contributed by atoms with Crippen molar-refractivity contribution in [3.8, 4) is 5.75 Å². The monoisotopic (exact) mass is 464 g/mol. The van der Waals surface area contributed by atoms with E-state index in [1.54, 1.807) is 41.3 Å². The fourth-order valence-electron chi connectivity index (χ4n) is 4.43. The maximum Gasteiger partial charge on any atom is 0.295 e. The lowest BCUT2D eigenvalue weighted by Crippen LogP contribution is -2.34. The van der Waals surface area contributed by atoms with Crippen molar-refractivity contribution < 1.29 is 19.8 Å². The highest BCUT2D eigenvalue weighted by atomic mass is 16.3. The van der Waals surface area contributed by atoms with Crippen LogP contribution in [-0.4, -0.2) is 57.9 Å². The van der Waals surface area contributed by atoms with Crippen molar-refractivity contribution in [3.05, 3.63) is 71.3 Å². The molecule has 0 aliphatic carbocycles. The Labute approximate surface area is 202 Å². The van der Waals surface area contributed by atoms with Crippen LogP contribution in [0.5, 0.6) is 5.75 Å². The van der Waals surface area contributed by atoms with E-state index in [1.165, 1.54) is 12.1 Å². The average molecular weight is 465 g/mol. The number of nitrogens with zero attached hydrogens (tertiary/aromatic N) is 2. The lowest BCUT2D eigenvalue weighted by molar-refractivity contribution is -0.140.